The lowest BCUT2D eigenvalue weighted by molar-refractivity contribution is -0.384. The van der Waals surface area contributed by atoms with Crippen molar-refractivity contribution in [2.45, 2.75) is 64.6 Å². The third-order valence-corrected chi connectivity index (χ3v) is 4.39. The van der Waals surface area contributed by atoms with Crippen molar-refractivity contribution in [2.24, 2.45) is 0 Å². The van der Waals surface area contributed by atoms with E-state index in [2.05, 4.69) is 31.2 Å². The maximum absolute atomic E-state index is 10.9. The standard InChI is InChI=1S/C16H25N3O2/c1-4-16(14-9-6-10-15(11-14)19(20)21)17-18-12(2)7-5-8-13(18)3/h6,9-13,16-17H,4-5,7-8H2,1-3H3. The van der Waals surface area contributed by atoms with Gasteiger partial charge < -0.3 is 0 Å². The van der Waals surface area contributed by atoms with Gasteiger partial charge in [-0.15, -0.1) is 0 Å². The molecule has 1 heterocycles. The number of non-ortho nitro benzene ring substituents is 1. The molecule has 5 nitrogen and oxygen atoms in total. The highest BCUT2D eigenvalue weighted by atomic mass is 16.6. The molecule has 2 rings (SSSR count). The zero-order valence-electron chi connectivity index (χ0n) is 13.1. The number of piperidine rings is 1. The van der Waals surface area contributed by atoms with Gasteiger partial charge in [-0.1, -0.05) is 25.5 Å². The van der Waals surface area contributed by atoms with Gasteiger partial charge in [0.2, 0.25) is 0 Å². The van der Waals surface area contributed by atoms with Crippen LogP contribution in [-0.2, 0) is 0 Å². The smallest absolute Gasteiger partial charge is 0.258 e. The Balaban J connectivity index is 2.15. The summed E-state index contributed by atoms with van der Waals surface area (Å²) in [5, 5.41) is 13.3. The summed E-state index contributed by atoms with van der Waals surface area (Å²) in [6.07, 6.45) is 4.57. The van der Waals surface area contributed by atoms with Gasteiger partial charge in [0, 0.05) is 30.3 Å². The monoisotopic (exact) mass is 291 g/mol. The normalized spacial score (nSPS) is 24.7. The predicted octanol–water partition coefficient (Wildman–Crippen LogP) is 3.81. The number of nitrogens with zero attached hydrogens (tertiary/aromatic N) is 2. The van der Waals surface area contributed by atoms with Gasteiger partial charge in [-0.25, -0.2) is 10.4 Å². The number of nitro groups is 1. The predicted molar refractivity (Wildman–Crippen MR) is 83.9 cm³/mol. The van der Waals surface area contributed by atoms with Crippen LogP contribution in [0.2, 0.25) is 0 Å². The summed E-state index contributed by atoms with van der Waals surface area (Å²) in [6.45, 7) is 6.58. The van der Waals surface area contributed by atoms with Gasteiger partial charge in [0.15, 0.2) is 0 Å². The summed E-state index contributed by atoms with van der Waals surface area (Å²) in [6, 6.07) is 8.08. The average molecular weight is 291 g/mol. The first kappa shape index (κ1) is 15.9. The van der Waals surface area contributed by atoms with Gasteiger partial charge in [0.25, 0.3) is 5.69 Å². The Hall–Kier alpha value is -1.46. The SMILES string of the molecule is CCC(NN1C(C)CCCC1C)c1cccc([N+](=O)[O-])c1. The van der Waals surface area contributed by atoms with Crippen LogP contribution < -0.4 is 5.43 Å². The molecule has 21 heavy (non-hydrogen) atoms. The first-order valence-electron chi connectivity index (χ1n) is 7.81. The van der Waals surface area contributed by atoms with Crippen LogP contribution in [0.1, 0.15) is 58.1 Å². The van der Waals surface area contributed by atoms with Crippen LogP contribution in [0.5, 0.6) is 0 Å². The van der Waals surface area contributed by atoms with Gasteiger partial charge in [-0.05, 0) is 38.7 Å². The molecule has 116 valence electrons. The van der Waals surface area contributed by atoms with E-state index in [1.165, 1.54) is 19.3 Å². The van der Waals surface area contributed by atoms with E-state index in [0.717, 1.165) is 12.0 Å². The molecule has 3 atom stereocenters. The second-order valence-electron chi connectivity index (χ2n) is 5.98. The maximum Gasteiger partial charge on any atom is 0.269 e. The van der Waals surface area contributed by atoms with Crippen LogP contribution in [-0.4, -0.2) is 22.0 Å². The molecule has 0 spiro atoms. The van der Waals surface area contributed by atoms with E-state index in [0.29, 0.717) is 12.1 Å². The average Bonchev–Trinajstić information content (AvgIpc) is 2.47. The molecular formula is C16H25N3O2. The molecule has 1 saturated heterocycles. The molecule has 5 heteroatoms. The van der Waals surface area contributed by atoms with Crippen LogP contribution in [0, 0.1) is 10.1 Å². The number of hydrazine groups is 1. The van der Waals surface area contributed by atoms with E-state index in [4.69, 9.17) is 0 Å². The Bertz CT molecular complexity index is 482. The zero-order valence-corrected chi connectivity index (χ0v) is 13.1. The summed E-state index contributed by atoms with van der Waals surface area (Å²) in [4.78, 5) is 10.6. The van der Waals surface area contributed by atoms with Crippen molar-refractivity contribution in [3.05, 3.63) is 39.9 Å². The van der Waals surface area contributed by atoms with Crippen LogP contribution in [0.25, 0.3) is 0 Å². The molecule has 3 unspecified atom stereocenters. The second-order valence-corrected chi connectivity index (χ2v) is 5.98. The van der Waals surface area contributed by atoms with Crippen molar-refractivity contribution in [2.75, 3.05) is 0 Å². The molecule has 0 saturated carbocycles. The Morgan fingerprint density at radius 3 is 2.62 bits per heavy atom. The van der Waals surface area contributed by atoms with Gasteiger partial charge in [-0.3, -0.25) is 10.1 Å². The Morgan fingerprint density at radius 1 is 1.38 bits per heavy atom. The van der Waals surface area contributed by atoms with Gasteiger partial charge >= 0.3 is 0 Å². The fraction of sp³-hybridized carbons (Fsp3) is 0.625. The van der Waals surface area contributed by atoms with Crippen LogP contribution >= 0.6 is 0 Å². The highest BCUT2D eigenvalue weighted by Gasteiger charge is 2.27. The Labute approximate surface area is 126 Å². The molecule has 0 amide bonds. The summed E-state index contributed by atoms with van der Waals surface area (Å²) in [7, 11) is 0. The van der Waals surface area contributed by atoms with E-state index in [-0.39, 0.29) is 16.7 Å². The number of rotatable bonds is 5. The molecule has 1 aliphatic rings. The van der Waals surface area contributed by atoms with Crippen molar-refractivity contribution in [1.82, 2.24) is 10.4 Å². The molecule has 1 N–H and O–H groups in total. The lowest BCUT2D eigenvalue weighted by atomic mass is 9.99. The second kappa shape index (κ2) is 7.00. The number of benzene rings is 1. The van der Waals surface area contributed by atoms with Gasteiger partial charge in [0.1, 0.15) is 0 Å². The minimum absolute atomic E-state index is 0.118. The van der Waals surface area contributed by atoms with Crippen LogP contribution in [0.15, 0.2) is 24.3 Å². The molecule has 0 aromatic heterocycles. The lowest BCUT2D eigenvalue weighted by Gasteiger charge is -2.41. The van der Waals surface area contributed by atoms with Crippen molar-refractivity contribution >= 4 is 5.69 Å². The maximum atomic E-state index is 10.9. The summed E-state index contributed by atoms with van der Waals surface area (Å²) >= 11 is 0. The number of hydrogen-bond donors (Lipinski definition) is 1. The zero-order chi connectivity index (χ0) is 15.4. The molecule has 0 bridgehead atoms. The van der Waals surface area contributed by atoms with E-state index in [1.54, 1.807) is 18.2 Å². The fourth-order valence-corrected chi connectivity index (χ4v) is 3.11. The first-order chi connectivity index (χ1) is 10.0. The third kappa shape index (κ3) is 3.80. The number of nitro benzene ring substituents is 1. The summed E-state index contributed by atoms with van der Waals surface area (Å²) in [5.41, 5.74) is 4.74. The minimum atomic E-state index is -0.331. The van der Waals surface area contributed by atoms with E-state index in [1.807, 2.05) is 6.07 Å². The van der Waals surface area contributed by atoms with E-state index in [9.17, 15) is 10.1 Å². The number of nitrogens with one attached hydrogen (secondary N) is 1. The molecule has 1 aromatic rings. The van der Waals surface area contributed by atoms with Crippen molar-refractivity contribution in [3.8, 4) is 0 Å². The molecular weight excluding hydrogens is 266 g/mol. The fourth-order valence-electron chi connectivity index (χ4n) is 3.11. The molecule has 1 aromatic carbocycles. The van der Waals surface area contributed by atoms with Gasteiger partial charge in [0.05, 0.1) is 4.92 Å². The Kier molecular flexibility index (Phi) is 5.31. The van der Waals surface area contributed by atoms with Gasteiger partial charge in [-0.2, -0.15) is 0 Å². The largest absolute Gasteiger partial charge is 0.269 e. The van der Waals surface area contributed by atoms with Crippen molar-refractivity contribution < 1.29 is 4.92 Å². The topological polar surface area (TPSA) is 58.4 Å². The summed E-state index contributed by atoms with van der Waals surface area (Å²) in [5.74, 6) is 0. The lowest BCUT2D eigenvalue weighted by Crippen LogP contribution is -2.53. The quantitative estimate of drug-likeness (QED) is 0.662. The Morgan fingerprint density at radius 2 is 2.05 bits per heavy atom. The molecule has 1 fully saturated rings. The van der Waals surface area contributed by atoms with Crippen molar-refractivity contribution in [3.63, 3.8) is 0 Å². The minimum Gasteiger partial charge on any atom is -0.258 e. The number of hydrogen-bond acceptors (Lipinski definition) is 4. The van der Waals surface area contributed by atoms with E-state index < -0.39 is 0 Å². The third-order valence-electron chi connectivity index (χ3n) is 4.39. The molecule has 1 aliphatic heterocycles. The van der Waals surface area contributed by atoms with Crippen LogP contribution in [0.3, 0.4) is 0 Å². The van der Waals surface area contributed by atoms with Crippen molar-refractivity contribution in [1.29, 1.82) is 0 Å². The molecule has 0 aliphatic carbocycles. The first-order valence-corrected chi connectivity index (χ1v) is 7.81. The summed E-state index contributed by atoms with van der Waals surface area (Å²) < 4.78 is 0. The highest BCUT2D eigenvalue weighted by molar-refractivity contribution is 5.35. The molecule has 0 radical (unpaired) electrons. The van der Waals surface area contributed by atoms with Crippen LogP contribution in [0.4, 0.5) is 5.69 Å². The highest BCUT2D eigenvalue weighted by Crippen LogP contribution is 2.26. The van der Waals surface area contributed by atoms with E-state index >= 15 is 0 Å².